The first-order valence-corrected chi connectivity index (χ1v) is 15.3. The molecule has 0 aliphatic carbocycles. The average Bonchev–Trinajstić information content (AvgIpc) is 3.70. The summed E-state index contributed by atoms with van der Waals surface area (Å²) in [6.07, 6.45) is 3.65. The van der Waals surface area contributed by atoms with Crippen molar-refractivity contribution in [2.24, 2.45) is 5.92 Å². The summed E-state index contributed by atoms with van der Waals surface area (Å²) in [5, 5.41) is 13.9. The number of hydrogen-bond acceptors (Lipinski definition) is 7. The second-order valence-corrected chi connectivity index (χ2v) is 11.7. The Bertz CT molecular complexity index is 1630. The molecule has 4 atom stereocenters. The fourth-order valence-electron chi connectivity index (χ4n) is 6.50. The Labute approximate surface area is 261 Å². The van der Waals surface area contributed by atoms with Crippen LogP contribution < -0.4 is 14.5 Å². The van der Waals surface area contributed by atoms with Gasteiger partial charge >= 0.3 is 5.97 Å². The van der Waals surface area contributed by atoms with E-state index in [4.69, 9.17) is 9.47 Å². The van der Waals surface area contributed by atoms with Gasteiger partial charge in [-0.15, -0.1) is 0 Å². The predicted octanol–water partition coefficient (Wildman–Crippen LogP) is 5.89. The number of aromatic nitrogens is 3. The van der Waals surface area contributed by atoms with E-state index in [2.05, 4.69) is 38.9 Å². The number of carboxylic acid groups (broad SMARTS) is 1. The van der Waals surface area contributed by atoms with Gasteiger partial charge < -0.3 is 24.4 Å². The summed E-state index contributed by atoms with van der Waals surface area (Å²) in [7, 11) is 0. The van der Waals surface area contributed by atoms with E-state index in [9.17, 15) is 18.7 Å². The molecule has 1 N–H and O–H groups in total. The highest BCUT2D eigenvalue weighted by atomic mass is 19.1. The van der Waals surface area contributed by atoms with E-state index in [1.807, 2.05) is 25.1 Å². The highest BCUT2D eigenvalue weighted by Gasteiger charge is 2.38. The number of benzene rings is 3. The van der Waals surface area contributed by atoms with Gasteiger partial charge in [0.2, 0.25) is 0 Å². The number of carbonyl (C=O) groups is 1. The van der Waals surface area contributed by atoms with Gasteiger partial charge in [-0.3, -0.25) is 4.68 Å². The standard InChI is InChI=1S/C34H37F2N5O4/c1-3-25-17-39(12-13-41(25)30-7-5-4-6-28(30)34(42)43)26-9-11-31(22(2)14-26)44-19-23-15-32(27-10-8-24(35)16-29(27)36)45-33(23)18-40-21-37-20-38-40/h4-11,14,16,20-21,23,25,32-33H,3,12-13,15,17-19H2,1-2H3,(H,42,43). The van der Waals surface area contributed by atoms with Crippen molar-refractivity contribution in [2.75, 3.05) is 36.0 Å². The third-order valence-corrected chi connectivity index (χ3v) is 8.90. The number of aryl methyl sites for hydroxylation is 1. The lowest BCUT2D eigenvalue weighted by atomic mass is 9.96. The molecule has 0 saturated carbocycles. The molecule has 3 aromatic carbocycles. The average molecular weight is 618 g/mol. The fourth-order valence-corrected chi connectivity index (χ4v) is 6.50. The van der Waals surface area contributed by atoms with Crippen molar-refractivity contribution in [3.63, 3.8) is 0 Å². The van der Waals surface area contributed by atoms with Gasteiger partial charge in [0.05, 0.1) is 36.6 Å². The third-order valence-electron chi connectivity index (χ3n) is 8.90. The first kappa shape index (κ1) is 30.5. The van der Waals surface area contributed by atoms with E-state index < -0.39 is 23.7 Å². The zero-order valence-electron chi connectivity index (χ0n) is 25.4. The van der Waals surface area contributed by atoms with Crippen LogP contribution >= 0.6 is 0 Å². The molecule has 0 spiro atoms. The number of rotatable bonds is 10. The molecule has 2 saturated heterocycles. The summed E-state index contributed by atoms with van der Waals surface area (Å²) in [6.45, 7) is 7.19. The summed E-state index contributed by atoms with van der Waals surface area (Å²) < 4.78 is 42.5. The monoisotopic (exact) mass is 617 g/mol. The maximum atomic E-state index is 14.6. The topological polar surface area (TPSA) is 93.0 Å². The number of piperazine rings is 1. The first-order chi connectivity index (χ1) is 21.8. The maximum absolute atomic E-state index is 14.6. The molecule has 9 nitrogen and oxygen atoms in total. The largest absolute Gasteiger partial charge is 0.493 e. The number of anilines is 2. The molecule has 2 aliphatic heterocycles. The van der Waals surface area contributed by atoms with Crippen LogP contribution in [0.1, 0.15) is 47.4 Å². The van der Waals surface area contributed by atoms with Crippen LogP contribution in [0.2, 0.25) is 0 Å². The molecule has 236 valence electrons. The normalized spacial score (nSPS) is 21.7. The molecule has 0 bridgehead atoms. The fraction of sp³-hybridized carbons (Fsp3) is 0.382. The van der Waals surface area contributed by atoms with Gasteiger partial charge in [-0.2, -0.15) is 5.10 Å². The van der Waals surface area contributed by atoms with Gasteiger partial charge in [-0.1, -0.05) is 25.1 Å². The van der Waals surface area contributed by atoms with E-state index in [-0.39, 0.29) is 18.1 Å². The predicted molar refractivity (Wildman–Crippen MR) is 166 cm³/mol. The summed E-state index contributed by atoms with van der Waals surface area (Å²) in [6, 6.07) is 17.1. The Morgan fingerprint density at radius 1 is 1.11 bits per heavy atom. The van der Waals surface area contributed by atoms with Gasteiger partial charge in [0.15, 0.2) is 0 Å². The van der Waals surface area contributed by atoms with Gasteiger partial charge in [0, 0.05) is 48.9 Å². The van der Waals surface area contributed by atoms with E-state index in [1.165, 1.54) is 18.5 Å². The summed E-state index contributed by atoms with van der Waals surface area (Å²) in [5.74, 6) is -1.46. The number of carboxylic acids is 1. The lowest BCUT2D eigenvalue weighted by molar-refractivity contribution is 0.0140. The zero-order valence-corrected chi connectivity index (χ0v) is 25.4. The number of hydrogen-bond donors (Lipinski definition) is 1. The van der Waals surface area contributed by atoms with Gasteiger partial charge in [-0.05, 0) is 61.7 Å². The van der Waals surface area contributed by atoms with Crippen LogP contribution in [-0.4, -0.2) is 64.2 Å². The minimum Gasteiger partial charge on any atom is -0.493 e. The van der Waals surface area contributed by atoms with Crippen molar-refractivity contribution in [1.29, 1.82) is 0 Å². The van der Waals surface area contributed by atoms with E-state index in [1.54, 1.807) is 23.1 Å². The summed E-state index contributed by atoms with van der Waals surface area (Å²) >= 11 is 0. The molecule has 45 heavy (non-hydrogen) atoms. The highest BCUT2D eigenvalue weighted by molar-refractivity contribution is 5.94. The smallest absolute Gasteiger partial charge is 0.337 e. The highest BCUT2D eigenvalue weighted by Crippen LogP contribution is 2.39. The van der Waals surface area contributed by atoms with Gasteiger partial charge in [0.25, 0.3) is 0 Å². The molecule has 4 unspecified atom stereocenters. The molecule has 2 fully saturated rings. The molecule has 11 heteroatoms. The van der Waals surface area contributed by atoms with Gasteiger partial charge in [-0.25, -0.2) is 18.6 Å². The van der Waals surface area contributed by atoms with Crippen molar-refractivity contribution < 1.29 is 28.2 Å². The molecular formula is C34H37F2N5O4. The van der Waals surface area contributed by atoms with E-state index in [0.717, 1.165) is 48.3 Å². The van der Waals surface area contributed by atoms with Gasteiger partial charge in [0.1, 0.15) is 30.0 Å². The molecule has 0 amide bonds. The number of para-hydroxylation sites is 1. The lowest BCUT2D eigenvalue weighted by Gasteiger charge is -2.44. The first-order valence-electron chi connectivity index (χ1n) is 15.3. The van der Waals surface area contributed by atoms with Crippen LogP contribution in [0.25, 0.3) is 0 Å². The zero-order chi connectivity index (χ0) is 31.5. The Morgan fingerprint density at radius 3 is 2.69 bits per heavy atom. The Hall–Kier alpha value is -4.51. The minimum atomic E-state index is -0.916. The van der Waals surface area contributed by atoms with Crippen molar-refractivity contribution in [3.05, 3.63) is 102 Å². The maximum Gasteiger partial charge on any atom is 0.337 e. The van der Waals surface area contributed by atoms with Crippen LogP contribution in [0.5, 0.6) is 5.75 Å². The summed E-state index contributed by atoms with van der Waals surface area (Å²) in [4.78, 5) is 20.4. The van der Waals surface area contributed by atoms with Crippen molar-refractivity contribution in [1.82, 2.24) is 14.8 Å². The number of ether oxygens (including phenoxy) is 2. The van der Waals surface area contributed by atoms with E-state index >= 15 is 0 Å². The number of halogens is 2. The lowest BCUT2D eigenvalue weighted by Crippen LogP contribution is -2.53. The Morgan fingerprint density at radius 2 is 1.96 bits per heavy atom. The molecule has 2 aliphatic rings. The molecular weight excluding hydrogens is 580 g/mol. The Kier molecular flexibility index (Phi) is 8.97. The number of aromatic carboxylic acids is 1. The van der Waals surface area contributed by atoms with E-state index in [0.29, 0.717) is 37.2 Å². The SMILES string of the molecule is CCC1CN(c2ccc(OCC3CC(c4ccc(F)cc4F)OC3Cn3cncn3)c(C)c2)CCN1c1ccccc1C(=O)O. The van der Waals surface area contributed by atoms with Crippen molar-refractivity contribution in [3.8, 4) is 5.75 Å². The second kappa shape index (κ2) is 13.2. The minimum absolute atomic E-state index is 0.0604. The van der Waals surface area contributed by atoms with Crippen LogP contribution in [0.3, 0.4) is 0 Å². The molecule has 1 aromatic heterocycles. The molecule has 4 aromatic rings. The van der Waals surface area contributed by atoms with Crippen molar-refractivity contribution in [2.45, 2.75) is 51.5 Å². The van der Waals surface area contributed by atoms with Crippen LogP contribution in [0, 0.1) is 24.5 Å². The third kappa shape index (κ3) is 6.63. The molecule has 3 heterocycles. The van der Waals surface area contributed by atoms with Crippen LogP contribution in [0.4, 0.5) is 20.2 Å². The van der Waals surface area contributed by atoms with Crippen LogP contribution in [0.15, 0.2) is 73.3 Å². The quantitative estimate of drug-likeness (QED) is 0.236. The Balaban J connectivity index is 1.13. The van der Waals surface area contributed by atoms with Crippen molar-refractivity contribution >= 4 is 17.3 Å². The summed E-state index contributed by atoms with van der Waals surface area (Å²) in [5.41, 5.74) is 3.50. The molecule has 6 rings (SSSR count). The molecule has 0 radical (unpaired) electrons. The van der Waals surface area contributed by atoms with Crippen LogP contribution in [-0.2, 0) is 11.3 Å². The number of nitrogens with zero attached hydrogens (tertiary/aromatic N) is 5. The second-order valence-electron chi connectivity index (χ2n) is 11.7.